The van der Waals surface area contributed by atoms with Gasteiger partial charge in [0.05, 0.1) is 5.41 Å². The van der Waals surface area contributed by atoms with E-state index < -0.39 is 0 Å². The predicted octanol–water partition coefficient (Wildman–Crippen LogP) is 1.63. The number of hydrogen-bond acceptors (Lipinski definition) is 3. The number of amides is 1. The van der Waals surface area contributed by atoms with Crippen molar-refractivity contribution in [1.82, 2.24) is 10.6 Å². The fraction of sp³-hybridized carbons (Fsp3) is 0.917. The molecule has 1 amide bonds. The predicted molar refractivity (Wildman–Crippen MR) is 70.8 cm³/mol. The van der Waals surface area contributed by atoms with Crippen molar-refractivity contribution in [3.05, 3.63) is 0 Å². The molecule has 16 heavy (non-hydrogen) atoms. The van der Waals surface area contributed by atoms with Gasteiger partial charge in [-0.3, -0.25) is 4.79 Å². The van der Waals surface area contributed by atoms with E-state index in [0.29, 0.717) is 12.6 Å². The van der Waals surface area contributed by atoms with Gasteiger partial charge in [-0.25, -0.2) is 0 Å². The van der Waals surface area contributed by atoms with Crippen molar-refractivity contribution in [3.63, 3.8) is 0 Å². The van der Waals surface area contributed by atoms with E-state index in [0.717, 1.165) is 6.54 Å². The maximum atomic E-state index is 11.8. The Labute approximate surface area is 103 Å². The van der Waals surface area contributed by atoms with Crippen LogP contribution < -0.4 is 10.6 Å². The molecule has 1 rings (SSSR count). The highest BCUT2D eigenvalue weighted by Crippen LogP contribution is 2.19. The van der Waals surface area contributed by atoms with Crippen molar-refractivity contribution in [2.24, 2.45) is 5.41 Å². The van der Waals surface area contributed by atoms with E-state index in [1.165, 1.54) is 24.3 Å². The SMILES string of the molecule is CCNC(=O)C(C)(C)CNC1CCSCC1. The molecule has 4 heteroatoms. The van der Waals surface area contributed by atoms with Crippen LogP contribution in [-0.4, -0.2) is 36.5 Å². The smallest absolute Gasteiger partial charge is 0.226 e. The second-order valence-corrected chi connectivity index (χ2v) is 6.24. The number of nitrogens with one attached hydrogen (secondary N) is 2. The minimum atomic E-state index is -0.305. The van der Waals surface area contributed by atoms with Crippen LogP contribution in [0.3, 0.4) is 0 Å². The van der Waals surface area contributed by atoms with Gasteiger partial charge in [-0.15, -0.1) is 0 Å². The van der Waals surface area contributed by atoms with E-state index in [2.05, 4.69) is 10.6 Å². The second kappa shape index (κ2) is 6.50. The first-order valence-corrected chi connectivity index (χ1v) is 7.31. The van der Waals surface area contributed by atoms with Crippen LogP contribution in [0.25, 0.3) is 0 Å². The van der Waals surface area contributed by atoms with Crippen LogP contribution in [0.4, 0.5) is 0 Å². The molecule has 0 aromatic rings. The van der Waals surface area contributed by atoms with E-state index in [4.69, 9.17) is 0 Å². The maximum Gasteiger partial charge on any atom is 0.226 e. The minimum absolute atomic E-state index is 0.146. The molecule has 0 aromatic carbocycles. The number of carbonyl (C=O) groups is 1. The van der Waals surface area contributed by atoms with Crippen molar-refractivity contribution >= 4 is 17.7 Å². The Hall–Kier alpha value is -0.220. The van der Waals surface area contributed by atoms with Crippen molar-refractivity contribution in [2.45, 2.75) is 39.7 Å². The Bertz CT molecular complexity index is 225. The van der Waals surface area contributed by atoms with Crippen molar-refractivity contribution in [3.8, 4) is 0 Å². The lowest BCUT2D eigenvalue weighted by Gasteiger charge is -2.29. The van der Waals surface area contributed by atoms with E-state index in [-0.39, 0.29) is 11.3 Å². The van der Waals surface area contributed by atoms with E-state index in [9.17, 15) is 4.79 Å². The average Bonchev–Trinajstić information content (AvgIpc) is 2.28. The highest BCUT2D eigenvalue weighted by molar-refractivity contribution is 7.99. The summed E-state index contributed by atoms with van der Waals surface area (Å²) in [7, 11) is 0. The summed E-state index contributed by atoms with van der Waals surface area (Å²) in [4.78, 5) is 11.8. The molecule has 0 atom stereocenters. The van der Waals surface area contributed by atoms with Gasteiger partial charge in [0, 0.05) is 19.1 Å². The third kappa shape index (κ3) is 4.34. The Kier molecular flexibility index (Phi) is 5.62. The molecule has 0 saturated carbocycles. The van der Waals surface area contributed by atoms with E-state index >= 15 is 0 Å². The molecule has 0 aromatic heterocycles. The molecule has 0 unspecified atom stereocenters. The molecule has 1 saturated heterocycles. The highest BCUT2D eigenvalue weighted by Gasteiger charge is 2.28. The quantitative estimate of drug-likeness (QED) is 0.772. The maximum absolute atomic E-state index is 11.8. The molecule has 1 aliphatic heterocycles. The van der Waals surface area contributed by atoms with Gasteiger partial charge in [0.2, 0.25) is 5.91 Å². The molecule has 1 heterocycles. The number of carbonyl (C=O) groups excluding carboxylic acids is 1. The van der Waals surface area contributed by atoms with Gasteiger partial charge in [-0.2, -0.15) is 11.8 Å². The molecule has 0 radical (unpaired) electrons. The number of thioether (sulfide) groups is 1. The summed E-state index contributed by atoms with van der Waals surface area (Å²) < 4.78 is 0. The molecule has 94 valence electrons. The van der Waals surface area contributed by atoms with Crippen LogP contribution in [0.1, 0.15) is 33.6 Å². The summed E-state index contributed by atoms with van der Waals surface area (Å²) in [5.74, 6) is 2.64. The fourth-order valence-corrected chi connectivity index (χ4v) is 2.89. The monoisotopic (exact) mass is 244 g/mol. The van der Waals surface area contributed by atoms with Crippen molar-refractivity contribution in [2.75, 3.05) is 24.6 Å². The van der Waals surface area contributed by atoms with Gasteiger partial charge in [0.1, 0.15) is 0 Å². The molecular weight excluding hydrogens is 220 g/mol. The van der Waals surface area contributed by atoms with Gasteiger partial charge in [0.25, 0.3) is 0 Å². The first kappa shape index (κ1) is 13.8. The zero-order chi connectivity index (χ0) is 12.0. The Morgan fingerprint density at radius 1 is 1.38 bits per heavy atom. The van der Waals surface area contributed by atoms with E-state index in [1.807, 2.05) is 32.5 Å². The van der Waals surface area contributed by atoms with Gasteiger partial charge >= 0.3 is 0 Å². The molecule has 0 bridgehead atoms. The standard InChI is InChI=1S/C12H24N2OS/c1-4-13-11(15)12(2,3)9-14-10-5-7-16-8-6-10/h10,14H,4-9H2,1-3H3,(H,13,15). The van der Waals surface area contributed by atoms with Crippen molar-refractivity contribution in [1.29, 1.82) is 0 Å². The zero-order valence-corrected chi connectivity index (χ0v) is 11.5. The van der Waals surface area contributed by atoms with Gasteiger partial charge < -0.3 is 10.6 Å². The normalized spacial score (nSPS) is 18.4. The largest absolute Gasteiger partial charge is 0.356 e. The number of rotatable bonds is 5. The Morgan fingerprint density at radius 3 is 2.56 bits per heavy atom. The summed E-state index contributed by atoms with van der Waals surface area (Å²) >= 11 is 2.03. The molecular formula is C12H24N2OS. The summed E-state index contributed by atoms with van der Waals surface area (Å²) in [5.41, 5.74) is -0.305. The lowest BCUT2D eigenvalue weighted by atomic mass is 9.91. The van der Waals surface area contributed by atoms with Crippen molar-refractivity contribution < 1.29 is 4.79 Å². The zero-order valence-electron chi connectivity index (χ0n) is 10.6. The third-order valence-electron chi connectivity index (χ3n) is 3.01. The first-order chi connectivity index (χ1) is 7.56. The fourth-order valence-electron chi connectivity index (χ4n) is 1.78. The van der Waals surface area contributed by atoms with Gasteiger partial charge in [0.15, 0.2) is 0 Å². The molecule has 3 nitrogen and oxygen atoms in total. The molecule has 0 aliphatic carbocycles. The van der Waals surface area contributed by atoms with Crippen LogP contribution >= 0.6 is 11.8 Å². The van der Waals surface area contributed by atoms with Gasteiger partial charge in [-0.1, -0.05) is 0 Å². The molecule has 1 fully saturated rings. The lowest BCUT2D eigenvalue weighted by Crippen LogP contribution is -2.46. The summed E-state index contributed by atoms with van der Waals surface area (Å²) in [5, 5.41) is 6.42. The lowest BCUT2D eigenvalue weighted by molar-refractivity contribution is -0.129. The highest BCUT2D eigenvalue weighted by atomic mass is 32.2. The average molecular weight is 244 g/mol. The Balaban J connectivity index is 2.31. The molecule has 0 spiro atoms. The number of hydrogen-bond donors (Lipinski definition) is 2. The van der Waals surface area contributed by atoms with Crippen LogP contribution in [0, 0.1) is 5.41 Å². The molecule has 1 aliphatic rings. The Morgan fingerprint density at radius 2 is 2.00 bits per heavy atom. The topological polar surface area (TPSA) is 41.1 Å². The van der Waals surface area contributed by atoms with Crippen LogP contribution in [-0.2, 0) is 4.79 Å². The second-order valence-electron chi connectivity index (χ2n) is 5.01. The minimum Gasteiger partial charge on any atom is -0.356 e. The van der Waals surface area contributed by atoms with Gasteiger partial charge in [-0.05, 0) is 45.1 Å². The first-order valence-electron chi connectivity index (χ1n) is 6.15. The van der Waals surface area contributed by atoms with Crippen LogP contribution in [0.15, 0.2) is 0 Å². The third-order valence-corrected chi connectivity index (χ3v) is 4.05. The van der Waals surface area contributed by atoms with Crippen LogP contribution in [0.5, 0.6) is 0 Å². The summed E-state index contributed by atoms with van der Waals surface area (Å²) in [6.07, 6.45) is 2.46. The summed E-state index contributed by atoms with van der Waals surface area (Å²) in [6.45, 7) is 7.45. The molecule has 2 N–H and O–H groups in total. The van der Waals surface area contributed by atoms with Crippen LogP contribution in [0.2, 0.25) is 0 Å². The van der Waals surface area contributed by atoms with E-state index in [1.54, 1.807) is 0 Å². The summed E-state index contributed by atoms with van der Waals surface area (Å²) in [6, 6.07) is 0.606.